The highest BCUT2D eigenvalue weighted by Gasteiger charge is 2.56. The molecule has 10 nitrogen and oxygen atoms in total. The second kappa shape index (κ2) is 12.0. The van der Waals surface area contributed by atoms with Crippen molar-refractivity contribution >= 4 is 5.97 Å². The summed E-state index contributed by atoms with van der Waals surface area (Å²) < 4.78 is 6.08. The summed E-state index contributed by atoms with van der Waals surface area (Å²) in [5, 5.41) is 33.4. The van der Waals surface area contributed by atoms with E-state index in [1.165, 1.54) is 83.5 Å². The van der Waals surface area contributed by atoms with Gasteiger partial charge in [0.05, 0.1) is 49.3 Å². The zero-order chi connectivity index (χ0) is 29.4. The molecule has 0 aromatic carbocycles. The number of fused-ring (bicyclic) bond motifs is 20. The maximum atomic E-state index is 12.3. The smallest absolute Gasteiger partial charge is 0.302 e. The van der Waals surface area contributed by atoms with E-state index in [2.05, 4.69) is 42.5 Å². The molecule has 0 amide bonds. The molecule has 0 aromatic rings. The first-order chi connectivity index (χ1) is 21.6. The van der Waals surface area contributed by atoms with Crippen LogP contribution in [0, 0.1) is 47.3 Å². The van der Waals surface area contributed by atoms with Crippen LogP contribution in [0.25, 0.3) is 0 Å². The monoisotopic (exact) mass is 610 g/mol. The molecule has 5 aliphatic heterocycles. The van der Waals surface area contributed by atoms with Crippen molar-refractivity contribution in [3.8, 4) is 0 Å². The highest BCUT2D eigenvalue weighted by atomic mass is 16.5. The molecular weight excluding hydrogens is 552 g/mol. The highest BCUT2D eigenvalue weighted by molar-refractivity contribution is 5.66. The Bertz CT molecular complexity index is 1060. The summed E-state index contributed by atoms with van der Waals surface area (Å²) in [6.45, 7) is 1.59. The van der Waals surface area contributed by atoms with Crippen molar-refractivity contribution in [1.82, 2.24) is 42.5 Å². The molecule has 10 heteroatoms. The van der Waals surface area contributed by atoms with Gasteiger partial charge >= 0.3 is 5.97 Å². The maximum Gasteiger partial charge on any atom is 0.302 e. The largest absolute Gasteiger partial charge is 0.462 e. The lowest BCUT2D eigenvalue weighted by atomic mass is 9.75. The summed E-state index contributed by atoms with van der Waals surface area (Å²) in [4.78, 5) is 12.3. The minimum absolute atomic E-state index is 0.0286. The van der Waals surface area contributed by atoms with Gasteiger partial charge < -0.3 is 4.74 Å². The average molecular weight is 611 g/mol. The molecule has 44 heavy (non-hydrogen) atoms. The van der Waals surface area contributed by atoms with E-state index in [1.54, 1.807) is 6.92 Å². The van der Waals surface area contributed by atoms with E-state index < -0.39 is 0 Å². The van der Waals surface area contributed by atoms with Crippen molar-refractivity contribution < 1.29 is 9.53 Å². The van der Waals surface area contributed by atoms with Crippen LogP contribution in [0.3, 0.4) is 0 Å². The predicted molar refractivity (Wildman–Crippen MR) is 168 cm³/mol. The summed E-state index contributed by atoms with van der Waals surface area (Å²) in [5.41, 5.74) is 0. The first kappa shape index (κ1) is 29.3. The zero-order valence-electron chi connectivity index (χ0n) is 26.7. The molecule has 17 atom stereocenters. The van der Waals surface area contributed by atoms with Crippen LogP contribution in [0.2, 0.25) is 0 Å². The van der Waals surface area contributed by atoms with Gasteiger partial charge in [0.25, 0.3) is 0 Å². The Balaban J connectivity index is 1.06. The van der Waals surface area contributed by atoms with E-state index in [-0.39, 0.29) is 36.5 Å². The lowest BCUT2D eigenvalue weighted by molar-refractivity contribution is -0.152. The van der Waals surface area contributed by atoms with E-state index in [4.69, 9.17) is 4.74 Å². The molecule has 0 aromatic heterocycles. The van der Waals surface area contributed by atoms with E-state index in [0.29, 0.717) is 72.3 Å². The molecule has 9 fully saturated rings. The normalized spacial score (nSPS) is 55.0. The number of carbonyl (C=O) groups excluding carboxylic acids is 1. The number of rotatable bonds is 1. The lowest BCUT2D eigenvalue weighted by Gasteiger charge is -2.38. The first-order valence-electron chi connectivity index (χ1n) is 18.9. The number of hydrogen-bond donors (Lipinski definition) is 8. The Labute approximate surface area is 263 Å². The van der Waals surface area contributed by atoms with Crippen LogP contribution in [0.5, 0.6) is 0 Å². The summed E-state index contributed by atoms with van der Waals surface area (Å²) in [6.07, 6.45) is 21.5. The Morgan fingerprint density at radius 1 is 0.409 bits per heavy atom. The van der Waals surface area contributed by atoms with Gasteiger partial charge in [-0.2, -0.15) is 0 Å². The summed E-state index contributed by atoms with van der Waals surface area (Å²) in [7, 11) is 0. The minimum Gasteiger partial charge on any atom is -0.462 e. The van der Waals surface area contributed by atoms with E-state index >= 15 is 0 Å². The van der Waals surface area contributed by atoms with E-state index in [9.17, 15) is 4.79 Å². The van der Waals surface area contributed by atoms with E-state index in [1.807, 2.05) is 0 Å². The molecule has 17 unspecified atom stereocenters. The van der Waals surface area contributed by atoms with Gasteiger partial charge in [-0.1, -0.05) is 38.5 Å². The second-order valence-corrected chi connectivity index (χ2v) is 16.3. The molecule has 9 aliphatic rings. The van der Waals surface area contributed by atoms with Crippen molar-refractivity contribution in [3.05, 3.63) is 0 Å². The summed E-state index contributed by atoms with van der Waals surface area (Å²) in [5.74, 6) is 4.55. The summed E-state index contributed by atoms with van der Waals surface area (Å²) in [6, 6.07) is 0. The van der Waals surface area contributed by atoms with Crippen LogP contribution in [0.4, 0.5) is 0 Å². The standard InChI is InChI=1S/C34H58N8O2/c1-17(43)44-25-16-8-15-24-26(25)34-41-32-23-14-7-6-13-22(23)30(39-32)37-28-19-10-3-2-9-18(19)27(35-28)36-29-20-11-4-5-12-21(20)31(38-29)40-33(24)42-34/h18-42H,2-16H2,1H3. The molecule has 4 saturated carbocycles. The van der Waals surface area contributed by atoms with Crippen LogP contribution in [-0.4, -0.2) is 61.4 Å². The molecule has 246 valence electrons. The van der Waals surface area contributed by atoms with Crippen molar-refractivity contribution in [2.24, 2.45) is 47.3 Å². The summed E-state index contributed by atoms with van der Waals surface area (Å²) >= 11 is 0. The third kappa shape index (κ3) is 5.09. The van der Waals surface area contributed by atoms with Crippen LogP contribution in [0.15, 0.2) is 0 Å². The Hall–Kier alpha value is -0.850. The zero-order valence-corrected chi connectivity index (χ0v) is 26.7. The fourth-order valence-electron chi connectivity index (χ4n) is 12.3. The first-order valence-corrected chi connectivity index (χ1v) is 18.9. The minimum atomic E-state index is -0.139. The quantitative estimate of drug-likeness (QED) is 0.210. The number of nitrogens with one attached hydrogen (secondary N) is 8. The topological polar surface area (TPSA) is 123 Å². The Morgan fingerprint density at radius 3 is 1.05 bits per heavy atom. The predicted octanol–water partition coefficient (Wildman–Crippen LogP) is 2.15. The van der Waals surface area contributed by atoms with Gasteiger partial charge in [0.15, 0.2) is 0 Å². The maximum absolute atomic E-state index is 12.3. The van der Waals surface area contributed by atoms with Gasteiger partial charge in [-0.05, 0) is 99.2 Å². The third-order valence-corrected chi connectivity index (χ3v) is 14.1. The van der Waals surface area contributed by atoms with Crippen LogP contribution in [0.1, 0.15) is 103 Å². The molecule has 0 spiro atoms. The Kier molecular flexibility index (Phi) is 7.99. The van der Waals surface area contributed by atoms with Gasteiger partial charge in [-0.15, -0.1) is 0 Å². The van der Waals surface area contributed by atoms with Gasteiger partial charge in [-0.3, -0.25) is 47.3 Å². The van der Waals surface area contributed by atoms with Crippen LogP contribution >= 0.6 is 0 Å². The lowest BCUT2D eigenvalue weighted by Crippen LogP contribution is -2.62. The highest BCUT2D eigenvalue weighted by Crippen LogP contribution is 2.46. The van der Waals surface area contributed by atoms with Crippen molar-refractivity contribution in [3.63, 3.8) is 0 Å². The molecule has 9 rings (SSSR count). The SMILES string of the molecule is CC(=O)OC1CCCC2C3NC4NC(NC5NC(NC6NC(NC(N3)C12)C1CCCCC61)C1CCCCC51)C1CCCCC41. The van der Waals surface area contributed by atoms with Crippen LogP contribution in [-0.2, 0) is 9.53 Å². The van der Waals surface area contributed by atoms with Gasteiger partial charge in [0.1, 0.15) is 6.10 Å². The fourth-order valence-corrected chi connectivity index (χ4v) is 12.3. The van der Waals surface area contributed by atoms with Gasteiger partial charge in [0.2, 0.25) is 0 Å². The Morgan fingerprint density at radius 2 is 0.705 bits per heavy atom. The average Bonchev–Trinajstić information content (AvgIpc) is 3.77. The molecule has 8 bridgehead atoms. The fraction of sp³-hybridized carbons (Fsp3) is 0.971. The van der Waals surface area contributed by atoms with Crippen molar-refractivity contribution in [1.29, 1.82) is 0 Å². The molecule has 5 heterocycles. The number of ether oxygens (including phenoxy) is 1. The number of esters is 1. The van der Waals surface area contributed by atoms with Gasteiger partial charge in [0, 0.05) is 12.8 Å². The molecule has 0 radical (unpaired) electrons. The molecular formula is C34H58N8O2. The number of carbonyl (C=O) groups is 1. The molecule has 8 N–H and O–H groups in total. The van der Waals surface area contributed by atoms with Crippen molar-refractivity contribution in [2.45, 2.75) is 159 Å². The number of hydrogen-bond acceptors (Lipinski definition) is 10. The molecule has 4 aliphatic carbocycles. The van der Waals surface area contributed by atoms with E-state index in [0.717, 1.165) is 12.8 Å². The van der Waals surface area contributed by atoms with Crippen molar-refractivity contribution in [2.75, 3.05) is 0 Å². The van der Waals surface area contributed by atoms with Gasteiger partial charge in [-0.25, -0.2) is 0 Å². The molecule has 5 saturated heterocycles. The van der Waals surface area contributed by atoms with Crippen LogP contribution < -0.4 is 42.5 Å². The second-order valence-electron chi connectivity index (χ2n) is 16.3. The third-order valence-electron chi connectivity index (χ3n) is 14.1.